The predicted molar refractivity (Wildman–Crippen MR) is 113 cm³/mol. The predicted octanol–water partition coefficient (Wildman–Crippen LogP) is 2.70. The summed E-state index contributed by atoms with van der Waals surface area (Å²) in [6, 6.07) is 5.96. The third-order valence-corrected chi connectivity index (χ3v) is 6.22. The molecule has 0 amide bonds. The van der Waals surface area contributed by atoms with Gasteiger partial charge >= 0.3 is 0 Å². The lowest BCUT2D eigenvalue weighted by Gasteiger charge is -2.21. The van der Waals surface area contributed by atoms with Crippen LogP contribution < -0.4 is 5.32 Å². The topological polar surface area (TPSA) is 70.7 Å². The third-order valence-electron chi connectivity index (χ3n) is 5.08. The van der Waals surface area contributed by atoms with Gasteiger partial charge in [0.1, 0.15) is 10.8 Å². The molecule has 4 rings (SSSR count). The van der Waals surface area contributed by atoms with Gasteiger partial charge in [-0.3, -0.25) is 9.39 Å². The molecule has 28 heavy (non-hydrogen) atoms. The van der Waals surface area contributed by atoms with E-state index < -0.39 is 0 Å². The van der Waals surface area contributed by atoms with Crippen LogP contribution in [0.25, 0.3) is 5.65 Å². The van der Waals surface area contributed by atoms with Crippen LogP contribution in [0.1, 0.15) is 40.7 Å². The summed E-state index contributed by atoms with van der Waals surface area (Å²) in [6.45, 7) is 1.64. The molecule has 0 saturated carbocycles. The number of hydrogen-bond acceptors (Lipinski definition) is 5. The Labute approximate surface area is 169 Å². The van der Waals surface area contributed by atoms with Gasteiger partial charge in [0.15, 0.2) is 11.6 Å². The van der Waals surface area contributed by atoms with Crippen LogP contribution in [0.5, 0.6) is 0 Å². The van der Waals surface area contributed by atoms with Gasteiger partial charge in [0.2, 0.25) is 0 Å². The van der Waals surface area contributed by atoms with E-state index in [4.69, 9.17) is 4.98 Å². The molecule has 1 aliphatic carbocycles. The smallest absolute Gasteiger partial charge is 0.193 e. The number of fused-ring (bicyclic) bond motifs is 2. The molecular formula is C20H27N7S. The van der Waals surface area contributed by atoms with Crippen molar-refractivity contribution in [2.24, 2.45) is 4.99 Å². The zero-order valence-electron chi connectivity index (χ0n) is 16.6. The van der Waals surface area contributed by atoms with Crippen molar-refractivity contribution in [2.45, 2.75) is 45.1 Å². The highest BCUT2D eigenvalue weighted by Gasteiger charge is 2.16. The number of guanidine groups is 1. The summed E-state index contributed by atoms with van der Waals surface area (Å²) in [4.78, 5) is 12.9. The van der Waals surface area contributed by atoms with Crippen molar-refractivity contribution in [3.8, 4) is 0 Å². The maximum Gasteiger partial charge on any atom is 0.193 e. The quantitative estimate of drug-likeness (QED) is 0.393. The molecule has 1 N–H and O–H groups in total. The zero-order chi connectivity index (χ0) is 19.3. The number of thiazole rings is 1. The molecule has 0 atom stereocenters. The number of hydrogen-bond donors (Lipinski definition) is 1. The highest BCUT2D eigenvalue weighted by Crippen LogP contribution is 2.27. The van der Waals surface area contributed by atoms with E-state index >= 15 is 0 Å². The SMILES string of the molecule is CN=C(NCCCc1nnc2ccccn12)N(C)Cc1nc2c(s1)CCCC2. The van der Waals surface area contributed by atoms with Gasteiger partial charge in [-0.05, 0) is 44.2 Å². The fourth-order valence-electron chi connectivity index (χ4n) is 3.64. The highest BCUT2D eigenvalue weighted by atomic mass is 32.1. The van der Waals surface area contributed by atoms with Gasteiger partial charge in [-0.25, -0.2) is 4.98 Å². The number of rotatable bonds is 6. The number of aliphatic imine (C=N–C) groups is 1. The van der Waals surface area contributed by atoms with Crippen molar-refractivity contribution >= 4 is 22.9 Å². The zero-order valence-corrected chi connectivity index (χ0v) is 17.4. The number of nitrogens with one attached hydrogen (secondary N) is 1. The molecule has 148 valence electrons. The van der Waals surface area contributed by atoms with Crippen LogP contribution in [0.2, 0.25) is 0 Å². The second-order valence-corrected chi connectivity index (χ2v) is 8.33. The first kappa shape index (κ1) is 18.9. The molecule has 1 aliphatic rings. The molecule has 0 aliphatic heterocycles. The summed E-state index contributed by atoms with van der Waals surface area (Å²) in [5, 5.41) is 13.1. The van der Waals surface area contributed by atoms with Crippen LogP contribution in [0.3, 0.4) is 0 Å². The summed E-state index contributed by atoms with van der Waals surface area (Å²) < 4.78 is 2.05. The standard InChI is InChI=1S/C20H27N7S/c1-21-20(26(2)14-19-23-15-8-3-4-9-16(15)28-19)22-12-7-11-18-25-24-17-10-5-6-13-27(17)18/h5-6,10,13H,3-4,7-9,11-12,14H2,1-2H3,(H,21,22). The van der Waals surface area contributed by atoms with Crippen LogP contribution in [0.4, 0.5) is 0 Å². The average Bonchev–Trinajstić information content (AvgIpc) is 3.31. The Morgan fingerprint density at radius 3 is 3.04 bits per heavy atom. The lowest BCUT2D eigenvalue weighted by molar-refractivity contribution is 0.473. The maximum absolute atomic E-state index is 4.84. The number of aromatic nitrogens is 4. The second-order valence-electron chi connectivity index (χ2n) is 7.16. The first-order valence-corrected chi connectivity index (χ1v) is 10.7. The minimum absolute atomic E-state index is 0.798. The van der Waals surface area contributed by atoms with Gasteiger partial charge in [-0.2, -0.15) is 0 Å². The van der Waals surface area contributed by atoms with E-state index in [0.29, 0.717) is 0 Å². The summed E-state index contributed by atoms with van der Waals surface area (Å²) in [6.07, 6.45) is 8.76. The second kappa shape index (κ2) is 8.68. The fourth-order valence-corrected chi connectivity index (χ4v) is 4.85. The van der Waals surface area contributed by atoms with Gasteiger partial charge in [0.25, 0.3) is 0 Å². The van der Waals surface area contributed by atoms with Crippen molar-refractivity contribution in [3.63, 3.8) is 0 Å². The lowest BCUT2D eigenvalue weighted by atomic mass is 10.0. The molecule has 8 heteroatoms. The molecule has 0 fully saturated rings. The Morgan fingerprint density at radius 1 is 1.29 bits per heavy atom. The van der Waals surface area contributed by atoms with E-state index in [1.807, 2.05) is 47.2 Å². The number of aryl methyl sites for hydroxylation is 3. The van der Waals surface area contributed by atoms with Crippen molar-refractivity contribution in [2.75, 3.05) is 20.6 Å². The van der Waals surface area contributed by atoms with Crippen LogP contribution in [0.15, 0.2) is 29.4 Å². The van der Waals surface area contributed by atoms with E-state index in [2.05, 4.69) is 32.5 Å². The first-order chi connectivity index (χ1) is 13.7. The molecule has 3 aromatic rings. The van der Waals surface area contributed by atoms with E-state index in [1.165, 1.54) is 34.8 Å². The van der Waals surface area contributed by atoms with Gasteiger partial charge in [-0.15, -0.1) is 21.5 Å². The molecule has 0 spiro atoms. The van der Waals surface area contributed by atoms with Crippen LogP contribution >= 0.6 is 11.3 Å². The van der Waals surface area contributed by atoms with Gasteiger partial charge < -0.3 is 10.2 Å². The molecule has 0 radical (unpaired) electrons. The summed E-state index contributed by atoms with van der Waals surface area (Å²) in [7, 11) is 3.90. The molecular weight excluding hydrogens is 370 g/mol. The monoisotopic (exact) mass is 397 g/mol. The Bertz CT molecular complexity index is 935. The van der Waals surface area contributed by atoms with E-state index in [-0.39, 0.29) is 0 Å². The van der Waals surface area contributed by atoms with Crippen molar-refractivity contribution < 1.29 is 0 Å². The van der Waals surface area contributed by atoms with Crippen molar-refractivity contribution in [3.05, 3.63) is 45.8 Å². The van der Waals surface area contributed by atoms with Crippen LogP contribution in [0, 0.1) is 0 Å². The molecule has 0 saturated heterocycles. The number of pyridine rings is 1. The molecule has 0 bridgehead atoms. The Balaban J connectivity index is 1.27. The van der Waals surface area contributed by atoms with Crippen molar-refractivity contribution in [1.29, 1.82) is 0 Å². The van der Waals surface area contributed by atoms with Gasteiger partial charge in [0.05, 0.1) is 12.2 Å². The van der Waals surface area contributed by atoms with Gasteiger partial charge in [0, 0.05) is 38.1 Å². The molecule has 3 aromatic heterocycles. The summed E-state index contributed by atoms with van der Waals surface area (Å²) >= 11 is 1.87. The van der Waals surface area contributed by atoms with Crippen LogP contribution in [-0.2, 0) is 25.8 Å². The van der Waals surface area contributed by atoms with E-state index in [1.54, 1.807) is 0 Å². The van der Waals surface area contributed by atoms with E-state index in [0.717, 1.165) is 49.8 Å². The van der Waals surface area contributed by atoms with Crippen LogP contribution in [-0.4, -0.2) is 51.1 Å². The highest BCUT2D eigenvalue weighted by molar-refractivity contribution is 7.11. The number of nitrogens with zero attached hydrogens (tertiary/aromatic N) is 6. The molecule has 0 unspecified atom stereocenters. The first-order valence-electron chi connectivity index (χ1n) is 9.92. The van der Waals surface area contributed by atoms with Gasteiger partial charge in [-0.1, -0.05) is 6.07 Å². The lowest BCUT2D eigenvalue weighted by Crippen LogP contribution is -2.39. The summed E-state index contributed by atoms with van der Waals surface area (Å²) in [5.74, 6) is 1.90. The van der Waals surface area contributed by atoms with Crippen molar-refractivity contribution in [1.82, 2.24) is 29.8 Å². The maximum atomic E-state index is 4.84. The minimum atomic E-state index is 0.798. The molecule has 0 aromatic carbocycles. The largest absolute Gasteiger partial charge is 0.356 e. The Hall–Kier alpha value is -2.48. The normalized spacial score (nSPS) is 14.3. The Kier molecular flexibility index (Phi) is 5.85. The molecule has 3 heterocycles. The minimum Gasteiger partial charge on any atom is -0.356 e. The third kappa shape index (κ3) is 4.16. The average molecular weight is 398 g/mol. The summed E-state index contributed by atoms with van der Waals surface area (Å²) in [5.41, 5.74) is 2.22. The fraction of sp³-hybridized carbons (Fsp3) is 0.500. The molecule has 7 nitrogen and oxygen atoms in total. The van der Waals surface area contributed by atoms with E-state index in [9.17, 15) is 0 Å². The Morgan fingerprint density at radius 2 is 2.18 bits per heavy atom.